The van der Waals surface area contributed by atoms with Crippen molar-refractivity contribution >= 4 is 5.91 Å². The summed E-state index contributed by atoms with van der Waals surface area (Å²) in [6.07, 6.45) is 3.10. The number of aliphatic hydroxyl groups excluding tert-OH is 1. The number of aliphatic hydroxyl groups is 1. The molecule has 2 aromatic carbocycles. The van der Waals surface area contributed by atoms with E-state index in [-0.39, 0.29) is 5.91 Å². The second kappa shape index (κ2) is 7.30. The lowest BCUT2D eigenvalue weighted by molar-refractivity contribution is 0.0290. The Morgan fingerprint density at radius 1 is 1.11 bits per heavy atom. The van der Waals surface area contributed by atoms with E-state index in [0.29, 0.717) is 18.5 Å². The number of hydrogen-bond donors (Lipinski definition) is 3. The molecule has 1 aromatic heterocycles. The van der Waals surface area contributed by atoms with Gasteiger partial charge in [0.2, 0.25) is 0 Å². The van der Waals surface area contributed by atoms with Crippen LogP contribution in [0.25, 0.3) is 5.69 Å². The van der Waals surface area contributed by atoms with Gasteiger partial charge in [0.1, 0.15) is 12.7 Å². The van der Waals surface area contributed by atoms with Gasteiger partial charge in [-0.15, -0.1) is 10.2 Å². The van der Waals surface area contributed by atoms with Crippen LogP contribution in [-0.4, -0.2) is 45.0 Å². The van der Waals surface area contributed by atoms with Crippen molar-refractivity contribution in [2.24, 2.45) is 0 Å². The van der Waals surface area contributed by atoms with Gasteiger partial charge in [-0.25, -0.2) is 0 Å². The highest BCUT2D eigenvalue weighted by atomic mass is 16.3. The molecule has 0 radical (unpaired) electrons. The SMILES string of the molecule is O=C(N[C@]1(c2ccccc2)CCNC[C@H]1O)c1ccc(-n2cnnc2)cc1. The van der Waals surface area contributed by atoms with E-state index in [4.69, 9.17) is 0 Å². The molecule has 0 spiro atoms. The van der Waals surface area contributed by atoms with Gasteiger partial charge in [0.15, 0.2) is 0 Å². The molecule has 1 aliphatic rings. The summed E-state index contributed by atoms with van der Waals surface area (Å²) in [5.41, 5.74) is 1.51. The predicted molar refractivity (Wildman–Crippen MR) is 100 cm³/mol. The highest BCUT2D eigenvalue weighted by molar-refractivity contribution is 5.95. The molecule has 7 nitrogen and oxygen atoms in total. The predicted octanol–water partition coefficient (Wildman–Crippen LogP) is 1.25. The van der Waals surface area contributed by atoms with Crippen LogP contribution in [0.2, 0.25) is 0 Å². The van der Waals surface area contributed by atoms with Gasteiger partial charge in [0.05, 0.1) is 11.6 Å². The molecular weight excluding hydrogens is 342 g/mol. The monoisotopic (exact) mass is 363 g/mol. The van der Waals surface area contributed by atoms with Crippen LogP contribution in [0, 0.1) is 0 Å². The third-order valence-electron chi connectivity index (χ3n) is 5.07. The van der Waals surface area contributed by atoms with Crippen LogP contribution < -0.4 is 10.6 Å². The van der Waals surface area contributed by atoms with Crippen LogP contribution in [0.4, 0.5) is 0 Å². The molecule has 27 heavy (non-hydrogen) atoms. The lowest BCUT2D eigenvalue weighted by Crippen LogP contribution is -2.61. The Morgan fingerprint density at radius 2 is 1.81 bits per heavy atom. The van der Waals surface area contributed by atoms with Gasteiger partial charge in [-0.2, -0.15) is 0 Å². The number of hydrogen-bond acceptors (Lipinski definition) is 5. The number of benzene rings is 2. The first kappa shape index (κ1) is 17.4. The summed E-state index contributed by atoms with van der Waals surface area (Å²) >= 11 is 0. The number of carbonyl (C=O) groups excluding carboxylic acids is 1. The maximum absolute atomic E-state index is 13.0. The van der Waals surface area contributed by atoms with Crippen LogP contribution in [0.3, 0.4) is 0 Å². The van der Waals surface area contributed by atoms with E-state index >= 15 is 0 Å². The number of nitrogens with one attached hydrogen (secondary N) is 2. The Bertz CT molecular complexity index is 896. The molecule has 1 amide bonds. The van der Waals surface area contributed by atoms with E-state index in [2.05, 4.69) is 20.8 Å². The summed E-state index contributed by atoms with van der Waals surface area (Å²) in [5.74, 6) is -0.213. The zero-order valence-electron chi connectivity index (χ0n) is 14.7. The topological polar surface area (TPSA) is 92.1 Å². The molecule has 0 unspecified atom stereocenters. The highest BCUT2D eigenvalue weighted by Crippen LogP contribution is 2.31. The smallest absolute Gasteiger partial charge is 0.252 e. The Kier molecular flexibility index (Phi) is 4.70. The fraction of sp³-hybridized carbons (Fsp3) is 0.250. The van der Waals surface area contributed by atoms with Crippen LogP contribution in [0.15, 0.2) is 67.3 Å². The van der Waals surface area contributed by atoms with Gasteiger partial charge in [0.25, 0.3) is 5.91 Å². The molecule has 3 N–H and O–H groups in total. The van der Waals surface area contributed by atoms with Crippen molar-refractivity contribution in [3.05, 3.63) is 78.4 Å². The van der Waals surface area contributed by atoms with Crippen molar-refractivity contribution in [3.8, 4) is 5.69 Å². The van der Waals surface area contributed by atoms with Gasteiger partial charge in [-0.1, -0.05) is 30.3 Å². The van der Waals surface area contributed by atoms with Gasteiger partial charge >= 0.3 is 0 Å². The molecule has 0 saturated carbocycles. The van der Waals surface area contributed by atoms with Crippen molar-refractivity contribution in [3.63, 3.8) is 0 Å². The van der Waals surface area contributed by atoms with E-state index in [0.717, 1.165) is 17.8 Å². The lowest BCUT2D eigenvalue weighted by atomic mass is 9.79. The minimum Gasteiger partial charge on any atom is -0.389 e. The summed E-state index contributed by atoms with van der Waals surface area (Å²) < 4.78 is 1.77. The van der Waals surface area contributed by atoms with Crippen molar-refractivity contribution in [1.29, 1.82) is 0 Å². The van der Waals surface area contributed by atoms with E-state index in [1.165, 1.54) is 0 Å². The third-order valence-corrected chi connectivity index (χ3v) is 5.07. The number of carbonyl (C=O) groups is 1. The van der Waals surface area contributed by atoms with Crippen LogP contribution >= 0.6 is 0 Å². The number of nitrogens with zero attached hydrogens (tertiary/aromatic N) is 3. The molecule has 138 valence electrons. The molecule has 1 saturated heterocycles. The summed E-state index contributed by atoms with van der Waals surface area (Å²) in [5, 5.41) is 24.6. The molecule has 1 aliphatic heterocycles. The van der Waals surface area contributed by atoms with Gasteiger partial charge in [-0.3, -0.25) is 9.36 Å². The van der Waals surface area contributed by atoms with E-state index in [9.17, 15) is 9.90 Å². The minimum atomic E-state index is -0.809. The molecule has 2 heterocycles. The van der Waals surface area contributed by atoms with Crippen molar-refractivity contribution in [1.82, 2.24) is 25.4 Å². The average Bonchev–Trinajstić information content (AvgIpc) is 3.25. The molecule has 1 fully saturated rings. The highest BCUT2D eigenvalue weighted by Gasteiger charge is 2.42. The van der Waals surface area contributed by atoms with Gasteiger partial charge in [-0.05, 0) is 42.8 Å². The van der Waals surface area contributed by atoms with E-state index in [1.54, 1.807) is 29.4 Å². The van der Waals surface area contributed by atoms with Crippen LogP contribution in [0.5, 0.6) is 0 Å². The van der Waals surface area contributed by atoms with Crippen LogP contribution in [-0.2, 0) is 5.54 Å². The van der Waals surface area contributed by atoms with Crippen LogP contribution in [0.1, 0.15) is 22.3 Å². The second-order valence-corrected chi connectivity index (χ2v) is 6.68. The molecule has 0 aliphatic carbocycles. The molecule has 0 bridgehead atoms. The normalized spacial score (nSPS) is 22.3. The first-order chi connectivity index (χ1) is 13.2. The zero-order chi connectivity index (χ0) is 18.7. The van der Waals surface area contributed by atoms with E-state index in [1.807, 2.05) is 42.5 Å². The zero-order valence-corrected chi connectivity index (χ0v) is 14.7. The largest absolute Gasteiger partial charge is 0.389 e. The van der Waals surface area contributed by atoms with Gasteiger partial charge < -0.3 is 15.7 Å². The molecule has 3 aromatic rings. The summed E-state index contributed by atoms with van der Waals surface area (Å²) in [6, 6.07) is 16.9. The minimum absolute atomic E-state index is 0.213. The summed E-state index contributed by atoms with van der Waals surface area (Å²) in [4.78, 5) is 13.0. The first-order valence-electron chi connectivity index (χ1n) is 8.91. The van der Waals surface area contributed by atoms with Crippen molar-refractivity contribution in [2.75, 3.05) is 13.1 Å². The first-order valence-corrected chi connectivity index (χ1v) is 8.91. The standard InChI is InChI=1S/C20H21N5O2/c26-18-12-21-11-10-20(18,16-4-2-1-3-5-16)24-19(27)15-6-8-17(9-7-15)25-13-22-23-14-25/h1-9,13-14,18,21,26H,10-12H2,(H,24,27)/t18-,20+/m1/s1. The van der Waals surface area contributed by atoms with E-state index < -0.39 is 11.6 Å². The maximum Gasteiger partial charge on any atom is 0.252 e. The summed E-state index contributed by atoms with van der Waals surface area (Å²) in [7, 11) is 0. The Hall–Kier alpha value is -3.03. The fourth-order valence-electron chi connectivity index (χ4n) is 3.55. The number of aromatic nitrogens is 3. The lowest BCUT2D eigenvalue weighted by Gasteiger charge is -2.43. The van der Waals surface area contributed by atoms with Crippen molar-refractivity contribution in [2.45, 2.75) is 18.1 Å². The quantitative estimate of drug-likeness (QED) is 0.649. The number of rotatable bonds is 4. The Morgan fingerprint density at radius 3 is 2.48 bits per heavy atom. The maximum atomic E-state index is 13.0. The molecule has 7 heteroatoms. The fourth-order valence-corrected chi connectivity index (χ4v) is 3.55. The Labute approximate surface area is 157 Å². The number of amides is 1. The molecular formula is C20H21N5O2. The second-order valence-electron chi connectivity index (χ2n) is 6.68. The number of piperidine rings is 1. The number of β-amino-alcohol motifs (C(OH)–C–C–N with tert-alkyl or cyclic N) is 1. The third kappa shape index (κ3) is 3.34. The molecule has 4 rings (SSSR count). The Balaban J connectivity index is 1.60. The summed E-state index contributed by atoms with van der Waals surface area (Å²) in [6.45, 7) is 1.15. The average molecular weight is 363 g/mol. The van der Waals surface area contributed by atoms with Crippen molar-refractivity contribution < 1.29 is 9.90 Å². The molecule has 2 atom stereocenters. The van der Waals surface area contributed by atoms with Gasteiger partial charge in [0, 0.05) is 17.8 Å².